The molecule has 1 aromatic heterocycles. The van der Waals surface area contributed by atoms with E-state index in [-0.39, 0.29) is 0 Å². The Hall–Kier alpha value is -1.14. The predicted molar refractivity (Wildman–Crippen MR) is 41.1 cm³/mol. The minimum absolute atomic E-state index is 0.508. The first-order valence-corrected chi connectivity index (χ1v) is 3.24. The van der Waals surface area contributed by atoms with Gasteiger partial charge in [-0.2, -0.15) is 5.26 Å². The van der Waals surface area contributed by atoms with E-state index in [1.807, 2.05) is 13.0 Å². The molecule has 1 N–H and O–H groups in total. The second-order valence-electron chi connectivity index (χ2n) is 2.03. The van der Waals surface area contributed by atoms with Crippen molar-refractivity contribution in [2.75, 3.05) is 0 Å². The van der Waals surface area contributed by atoms with Crippen molar-refractivity contribution in [3.8, 4) is 6.07 Å². The van der Waals surface area contributed by atoms with E-state index < -0.39 is 0 Å². The molecule has 0 aromatic carbocycles. The molecule has 50 valence electrons. The Morgan fingerprint density at radius 2 is 2.40 bits per heavy atom. The molecule has 0 unspecified atom stereocenters. The highest BCUT2D eigenvalue weighted by Gasteiger charge is 1.91. The minimum atomic E-state index is 0.508. The van der Waals surface area contributed by atoms with Crippen LogP contribution in [0.25, 0.3) is 0 Å². The second kappa shape index (κ2) is 2.63. The van der Waals surface area contributed by atoms with Crippen molar-refractivity contribution in [3.63, 3.8) is 0 Å². The van der Waals surface area contributed by atoms with Crippen LogP contribution in [0.2, 0.25) is 0 Å². The summed E-state index contributed by atoms with van der Waals surface area (Å²) in [5.74, 6) is 0. The summed E-state index contributed by atoms with van der Waals surface area (Å²) in [7, 11) is 0. The molecule has 3 heteroatoms. The fraction of sp³-hybridized carbons (Fsp3) is 0.143. The minimum Gasteiger partial charge on any atom is -0.352 e. The average molecular weight is 150 g/mol. The van der Waals surface area contributed by atoms with E-state index in [0.717, 1.165) is 5.56 Å². The third kappa shape index (κ3) is 1.23. The SMILES string of the molecule is Cc1c[nH]c(=S)c(C#N)c1. The molecular weight excluding hydrogens is 144 g/mol. The predicted octanol–water partition coefficient (Wildman–Crippen LogP) is 1.92. The highest BCUT2D eigenvalue weighted by atomic mass is 32.1. The van der Waals surface area contributed by atoms with Gasteiger partial charge in [-0.05, 0) is 18.6 Å². The Morgan fingerprint density at radius 1 is 1.70 bits per heavy atom. The van der Waals surface area contributed by atoms with Gasteiger partial charge in [0.1, 0.15) is 10.7 Å². The van der Waals surface area contributed by atoms with Crippen molar-refractivity contribution >= 4 is 12.2 Å². The van der Waals surface area contributed by atoms with E-state index in [1.54, 1.807) is 12.3 Å². The zero-order valence-electron chi connectivity index (χ0n) is 5.51. The third-order valence-electron chi connectivity index (χ3n) is 1.17. The standard InChI is InChI=1S/C7H6N2S/c1-5-2-6(3-8)7(10)9-4-5/h2,4H,1H3,(H,9,10). The van der Waals surface area contributed by atoms with Crippen LogP contribution in [0.4, 0.5) is 0 Å². The van der Waals surface area contributed by atoms with E-state index in [1.165, 1.54) is 0 Å². The number of hydrogen-bond donors (Lipinski definition) is 1. The summed E-state index contributed by atoms with van der Waals surface area (Å²) in [4.78, 5) is 2.81. The fourth-order valence-corrected chi connectivity index (χ4v) is 0.839. The van der Waals surface area contributed by atoms with Crippen LogP contribution < -0.4 is 0 Å². The molecule has 2 nitrogen and oxygen atoms in total. The lowest BCUT2D eigenvalue weighted by atomic mass is 10.2. The van der Waals surface area contributed by atoms with Crippen LogP contribution in [0.15, 0.2) is 12.3 Å². The first-order valence-electron chi connectivity index (χ1n) is 2.83. The Balaban J connectivity index is 3.40. The van der Waals surface area contributed by atoms with Gasteiger partial charge in [0.25, 0.3) is 0 Å². The number of hydrogen-bond acceptors (Lipinski definition) is 2. The number of H-pyrrole nitrogens is 1. The van der Waals surface area contributed by atoms with Gasteiger partial charge in [0, 0.05) is 6.20 Å². The topological polar surface area (TPSA) is 39.6 Å². The van der Waals surface area contributed by atoms with Gasteiger partial charge in [0.2, 0.25) is 0 Å². The van der Waals surface area contributed by atoms with Crippen LogP contribution >= 0.6 is 12.2 Å². The van der Waals surface area contributed by atoms with E-state index in [4.69, 9.17) is 17.5 Å². The van der Waals surface area contributed by atoms with E-state index >= 15 is 0 Å². The molecule has 1 heterocycles. The Bertz CT molecular complexity index is 332. The summed E-state index contributed by atoms with van der Waals surface area (Å²) >= 11 is 4.83. The lowest BCUT2D eigenvalue weighted by molar-refractivity contribution is 1.22. The molecule has 0 atom stereocenters. The van der Waals surface area contributed by atoms with Gasteiger partial charge in [-0.25, -0.2) is 0 Å². The monoisotopic (exact) mass is 150 g/mol. The summed E-state index contributed by atoms with van der Waals surface area (Å²) in [6.07, 6.45) is 1.78. The van der Waals surface area contributed by atoms with Crippen molar-refractivity contribution in [1.29, 1.82) is 5.26 Å². The highest BCUT2D eigenvalue weighted by molar-refractivity contribution is 7.71. The summed E-state index contributed by atoms with van der Waals surface area (Å²) in [6, 6.07) is 3.76. The maximum Gasteiger partial charge on any atom is 0.121 e. The second-order valence-corrected chi connectivity index (χ2v) is 2.44. The van der Waals surface area contributed by atoms with Crippen molar-refractivity contribution in [2.45, 2.75) is 6.92 Å². The Kier molecular flexibility index (Phi) is 1.83. The van der Waals surface area contributed by atoms with E-state index in [2.05, 4.69) is 4.98 Å². The normalized spacial score (nSPS) is 8.80. The first kappa shape index (κ1) is 6.97. The van der Waals surface area contributed by atoms with Gasteiger partial charge < -0.3 is 4.98 Å². The highest BCUT2D eigenvalue weighted by Crippen LogP contribution is 2.01. The molecule has 1 aromatic rings. The number of rotatable bonds is 0. The van der Waals surface area contributed by atoms with Crippen LogP contribution in [0.3, 0.4) is 0 Å². The summed E-state index contributed by atoms with van der Waals surface area (Å²) in [5.41, 5.74) is 1.56. The maximum atomic E-state index is 8.51. The van der Waals surface area contributed by atoms with Gasteiger partial charge in [-0.3, -0.25) is 0 Å². The molecule has 0 saturated heterocycles. The third-order valence-corrected chi connectivity index (χ3v) is 1.51. The number of pyridine rings is 1. The molecular formula is C7H6N2S. The molecule has 1 rings (SSSR count). The molecule has 10 heavy (non-hydrogen) atoms. The van der Waals surface area contributed by atoms with Crippen LogP contribution in [-0.2, 0) is 0 Å². The number of nitriles is 1. The lowest BCUT2D eigenvalue weighted by Gasteiger charge is -1.91. The molecule has 0 aliphatic heterocycles. The number of aryl methyl sites for hydroxylation is 1. The van der Waals surface area contributed by atoms with Crippen molar-refractivity contribution in [2.24, 2.45) is 0 Å². The maximum absolute atomic E-state index is 8.51. The largest absolute Gasteiger partial charge is 0.352 e. The molecule has 0 aliphatic rings. The molecule has 0 aliphatic carbocycles. The van der Waals surface area contributed by atoms with Gasteiger partial charge >= 0.3 is 0 Å². The van der Waals surface area contributed by atoms with Gasteiger partial charge in [-0.15, -0.1) is 0 Å². The fourth-order valence-electron chi connectivity index (χ4n) is 0.675. The van der Waals surface area contributed by atoms with Gasteiger partial charge in [0.15, 0.2) is 0 Å². The molecule has 0 spiro atoms. The van der Waals surface area contributed by atoms with Gasteiger partial charge in [0.05, 0.1) is 5.56 Å². The van der Waals surface area contributed by atoms with E-state index in [0.29, 0.717) is 10.2 Å². The number of nitrogens with zero attached hydrogens (tertiary/aromatic N) is 1. The first-order chi connectivity index (χ1) is 4.74. The van der Waals surface area contributed by atoms with Crippen molar-refractivity contribution in [1.82, 2.24) is 4.98 Å². The van der Waals surface area contributed by atoms with Crippen LogP contribution in [0.5, 0.6) is 0 Å². The molecule has 0 radical (unpaired) electrons. The molecule has 0 saturated carbocycles. The smallest absolute Gasteiger partial charge is 0.121 e. The Labute approximate surface area is 64.1 Å². The lowest BCUT2D eigenvalue weighted by Crippen LogP contribution is -1.82. The summed E-state index contributed by atoms with van der Waals surface area (Å²) in [6.45, 7) is 1.91. The zero-order valence-corrected chi connectivity index (χ0v) is 6.33. The number of aromatic amines is 1. The van der Waals surface area contributed by atoms with Crippen LogP contribution in [0, 0.1) is 22.9 Å². The Morgan fingerprint density at radius 3 is 2.90 bits per heavy atom. The number of nitrogens with one attached hydrogen (secondary N) is 1. The molecule has 0 fully saturated rings. The van der Waals surface area contributed by atoms with Crippen LogP contribution in [0.1, 0.15) is 11.1 Å². The average Bonchev–Trinajstić information content (AvgIpc) is 1.94. The van der Waals surface area contributed by atoms with Crippen LogP contribution in [-0.4, -0.2) is 4.98 Å². The zero-order chi connectivity index (χ0) is 7.56. The summed E-state index contributed by atoms with van der Waals surface area (Å²) in [5, 5.41) is 8.51. The van der Waals surface area contributed by atoms with Crippen molar-refractivity contribution < 1.29 is 0 Å². The number of aromatic nitrogens is 1. The van der Waals surface area contributed by atoms with E-state index in [9.17, 15) is 0 Å². The quantitative estimate of drug-likeness (QED) is 0.574. The van der Waals surface area contributed by atoms with Crippen molar-refractivity contribution in [3.05, 3.63) is 28.0 Å². The molecule has 0 amide bonds. The van der Waals surface area contributed by atoms with Gasteiger partial charge in [-0.1, -0.05) is 12.2 Å². The summed E-state index contributed by atoms with van der Waals surface area (Å²) < 4.78 is 0.508. The molecule has 0 bridgehead atoms.